The van der Waals surface area contributed by atoms with Crippen molar-refractivity contribution in [2.75, 3.05) is 0 Å². The van der Waals surface area contributed by atoms with Crippen LogP contribution in [-0.4, -0.2) is 16.0 Å². The van der Waals surface area contributed by atoms with E-state index >= 15 is 0 Å². The highest BCUT2D eigenvalue weighted by atomic mass is 35.5. The van der Waals surface area contributed by atoms with Crippen LogP contribution in [0.1, 0.15) is 5.56 Å². The van der Waals surface area contributed by atoms with Gasteiger partial charge in [0, 0.05) is 11.8 Å². The number of allylic oxidation sites excluding steroid dienone is 1. The Morgan fingerprint density at radius 1 is 1.27 bits per heavy atom. The van der Waals surface area contributed by atoms with Crippen molar-refractivity contribution < 1.29 is 0 Å². The normalized spacial score (nSPS) is 11.4. The van der Waals surface area contributed by atoms with Gasteiger partial charge in [-0.2, -0.15) is 5.26 Å². The van der Waals surface area contributed by atoms with Crippen molar-refractivity contribution in [3.8, 4) is 17.2 Å². The molecule has 0 saturated heterocycles. The minimum absolute atomic E-state index is 0.113. The summed E-state index contributed by atoms with van der Waals surface area (Å²) in [5.74, 6) is 0.340. The molecule has 5 nitrogen and oxygen atoms in total. The molecule has 0 saturated carbocycles. The highest BCUT2D eigenvalue weighted by Crippen LogP contribution is 2.23. The molecule has 0 aliphatic carbocycles. The van der Waals surface area contributed by atoms with Crippen LogP contribution in [0, 0.1) is 16.7 Å². The van der Waals surface area contributed by atoms with Gasteiger partial charge < -0.3 is 5.73 Å². The first-order valence-corrected chi connectivity index (χ1v) is 6.70. The number of amidine groups is 1. The van der Waals surface area contributed by atoms with Crippen molar-refractivity contribution >= 4 is 28.4 Å². The summed E-state index contributed by atoms with van der Waals surface area (Å²) in [6, 6.07) is 13.4. The molecule has 2 aromatic rings. The minimum Gasteiger partial charge on any atom is -0.384 e. The number of nitrogens with two attached hydrogens (primary N) is 1. The van der Waals surface area contributed by atoms with E-state index in [9.17, 15) is 5.26 Å². The third-order valence-corrected chi connectivity index (χ3v) is 2.86. The fourth-order valence-corrected chi connectivity index (χ4v) is 1.80. The average molecular weight is 310 g/mol. The number of benzene rings is 1. The highest BCUT2D eigenvalue weighted by molar-refractivity contribution is 6.67. The molecule has 1 aromatic carbocycles. The van der Waals surface area contributed by atoms with Crippen LogP contribution in [0.25, 0.3) is 11.1 Å². The van der Waals surface area contributed by atoms with E-state index in [2.05, 4.69) is 16.0 Å². The van der Waals surface area contributed by atoms with Gasteiger partial charge in [-0.05, 0) is 23.8 Å². The van der Waals surface area contributed by atoms with Gasteiger partial charge in [-0.3, -0.25) is 5.41 Å². The molecule has 0 spiro atoms. The van der Waals surface area contributed by atoms with E-state index in [1.54, 1.807) is 12.3 Å². The molecule has 0 unspecified atom stereocenters. The second-order valence-corrected chi connectivity index (χ2v) is 4.70. The SMILES string of the molecule is N#Cc1cc(-c2ccccc2)cnc1/N=C(N)\C=C/C(=N)Cl. The molecule has 0 aliphatic heterocycles. The lowest BCUT2D eigenvalue weighted by atomic mass is 10.1. The Hall–Kier alpha value is -2.97. The van der Waals surface area contributed by atoms with Gasteiger partial charge in [-0.25, -0.2) is 9.98 Å². The molecular weight excluding hydrogens is 298 g/mol. The third kappa shape index (κ3) is 4.01. The number of rotatable bonds is 4. The smallest absolute Gasteiger partial charge is 0.172 e. The fraction of sp³-hybridized carbons (Fsp3) is 0. The lowest BCUT2D eigenvalue weighted by molar-refractivity contribution is 1.25. The zero-order valence-corrected chi connectivity index (χ0v) is 12.2. The predicted octanol–water partition coefficient (Wildman–Crippen LogP) is 3.38. The van der Waals surface area contributed by atoms with E-state index in [4.69, 9.17) is 22.7 Å². The molecule has 0 atom stereocenters. The number of pyridine rings is 1. The molecule has 1 heterocycles. The molecule has 3 N–H and O–H groups in total. The average Bonchev–Trinajstić information content (AvgIpc) is 2.54. The first-order chi connectivity index (χ1) is 10.6. The zero-order chi connectivity index (χ0) is 15.9. The third-order valence-electron chi connectivity index (χ3n) is 2.73. The lowest BCUT2D eigenvalue weighted by Gasteiger charge is -2.03. The Morgan fingerprint density at radius 3 is 2.64 bits per heavy atom. The quantitative estimate of drug-likeness (QED) is 0.669. The van der Waals surface area contributed by atoms with Crippen LogP contribution < -0.4 is 5.73 Å². The Morgan fingerprint density at radius 2 is 2.00 bits per heavy atom. The molecular formula is C16H12ClN5. The molecule has 0 fully saturated rings. The summed E-state index contributed by atoms with van der Waals surface area (Å²) in [4.78, 5) is 8.24. The van der Waals surface area contributed by atoms with E-state index in [0.717, 1.165) is 11.1 Å². The van der Waals surface area contributed by atoms with Gasteiger partial charge in [0.05, 0.1) is 5.56 Å². The van der Waals surface area contributed by atoms with Crippen molar-refractivity contribution in [2.45, 2.75) is 0 Å². The van der Waals surface area contributed by atoms with E-state index in [0.29, 0.717) is 5.56 Å². The van der Waals surface area contributed by atoms with Crippen LogP contribution in [-0.2, 0) is 0 Å². The van der Waals surface area contributed by atoms with Crippen molar-refractivity contribution in [3.05, 3.63) is 60.3 Å². The standard InChI is InChI=1S/C16H12ClN5/c17-14(19)6-7-15(20)22-16-12(9-18)8-13(10-21-16)11-4-2-1-3-5-11/h1-8,10,19H,(H2,20,21,22)/b7-6-,19-14?. The van der Waals surface area contributed by atoms with Crippen molar-refractivity contribution in [1.82, 2.24) is 4.98 Å². The van der Waals surface area contributed by atoms with E-state index in [-0.39, 0.29) is 16.8 Å². The van der Waals surface area contributed by atoms with Crippen LogP contribution in [0.4, 0.5) is 5.82 Å². The zero-order valence-electron chi connectivity index (χ0n) is 11.5. The summed E-state index contributed by atoms with van der Waals surface area (Å²) in [5, 5.41) is 16.2. The van der Waals surface area contributed by atoms with Gasteiger partial charge >= 0.3 is 0 Å². The number of aromatic nitrogens is 1. The van der Waals surface area contributed by atoms with Crippen LogP contribution in [0.15, 0.2) is 59.7 Å². The summed E-state index contributed by atoms with van der Waals surface area (Å²) in [5.41, 5.74) is 7.79. The number of nitriles is 1. The highest BCUT2D eigenvalue weighted by Gasteiger charge is 2.06. The number of hydrogen-bond donors (Lipinski definition) is 2. The summed E-state index contributed by atoms with van der Waals surface area (Å²) >= 11 is 5.39. The Kier molecular flexibility index (Phi) is 5.02. The summed E-state index contributed by atoms with van der Waals surface area (Å²) in [6.07, 6.45) is 4.31. The van der Waals surface area contributed by atoms with E-state index in [1.807, 2.05) is 30.3 Å². The van der Waals surface area contributed by atoms with Gasteiger partial charge in [0.25, 0.3) is 0 Å². The lowest BCUT2D eigenvalue weighted by Crippen LogP contribution is -2.07. The molecule has 0 amide bonds. The second kappa shape index (κ2) is 7.16. The van der Waals surface area contributed by atoms with E-state index < -0.39 is 0 Å². The Balaban J connectivity index is 2.37. The van der Waals surface area contributed by atoms with Crippen LogP contribution >= 0.6 is 11.6 Å². The number of hydrogen-bond acceptors (Lipinski definition) is 4. The van der Waals surface area contributed by atoms with Crippen molar-refractivity contribution in [1.29, 1.82) is 10.7 Å². The van der Waals surface area contributed by atoms with Crippen molar-refractivity contribution in [3.63, 3.8) is 0 Å². The number of nitrogens with zero attached hydrogens (tertiary/aromatic N) is 3. The largest absolute Gasteiger partial charge is 0.384 e. The summed E-state index contributed by atoms with van der Waals surface area (Å²) < 4.78 is 0. The van der Waals surface area contributed by atoms with E-state index in [1.165, 1.54) is 12.2 Å². The molecule has 1 aromatic heterocycles. The first-order valence-electron chi connectivity index (χ1n) is 6.32. The van der Waals surface area contributed by atoms with Crippen LogP contribution in [0.3, 0.4) is 0 Å². The number of aliphatic imine (C=N–C) groups is 1. The maximum Gasteiger partial charge on any atom is 0.172 e. The van der Waals surface area contributed by atoms with Crippen molar-refractivity contribution in [2.24, 2.45) is 10.7 Å². The van der Waals surface area contributed by atoms with Crippen LogP contribution in [0.5, 0.6) is 0 Å². The fourth-order valence-electron chi connectivity index (χ4n) is 1.74. The molecule has 0 radical (unpaired) electrons. The first kappa shape index (κ1) is 15.4. The summed E-state index contributed by atoms with van der Waals surface area (Å²) in [6.45, 7) is 0. The summed E-state index contributed by atoms with van der Waals surface area (Å²) in [7, 11) is 0. The molecule has 22 heavy (non-hydrogen) atoms. The molecule has 2 rings (SSSR count). The molecule has 0 aliphatic rings. The van der Waals surface area contributed by atoms with Gasteiger partial charge in [0.15, 0.2) is 5.82 Å². The van der Waals surface area contributed by atoms with Gasteiger partial charge in [-0.1, -0.05) is 41.9 Å². The molecule has 108 valence electrons. The van der Waals surface area contributed by atoms with Gasteiger partial charge in [0.1, 0.15) is 17.1 Å². The predicted molar refractivity (Wildman–Crippen MR) is 88.4 cm³/mol. The van der Waals surface area contributed by atoms with Gasteiger partial charge in [0.2, 0.25) is 0 Å². The monoisotopic (exact) mass is 309 g/mol. The minimum atomic E-state index is -0.161. The maximum absolute atomic E-state index is 9.25. The number of nitrogens with one attached hydrogen (secondary N) is 1. The topological polar surface area (TPSA) is 98.9 Å². The van der Waals surface area contributed by atoms with Crippen LogP contribution in [0.2, 0.25) is 0 Å². The number of halogens is 1. The second-order valence-electron chi connectivity index (χ2n) is 4.29. The maximum atomic E-state index is 9.25. The Labute approximate surface area is 132 Å². The van der Waals surface area contributed by atoms with Gasteiger partial charge in [-0.15, -0.1) is 0 Å². The molecule has 0 bridgehead atoms. The molecule has 6 heteroatoms. The Bertz CT molecular complexity index is 788.